The van der Waals surface area contributed by atoms with Crippen molar-refractivity contribution in [1.82, 2.24) is 0 Å². The van der Waals surface area contributed by atoms with Crippen LogP contribution in [0.25, 0.3) is 16.0 Å². The maximum Gasteiger partial charge on any atom is 0.0772 e. The third-order valence-corrected chi connectivity index (χ3v) is 9.94. The van der Waals surface area contributed by atoms with Gasteiger partial charge in [0, 0.05) is 0 Å². The van der Waals surface area contributed by atoms with Gasteiger partial charge < -0.3 is 0 Å². The maximum absolute atomic E-state index is 2.55. The van der Waals surface area contributed by atoms with Crippen molar-refractivity contribution in [3.8, 4) is 5.19 Å². The van der Waals surface area contributed by atoms with E-state index in [1.165, 1.54) is 43.8 Å². The Hall–Kier alpha value is -4.07. The highest BCUT2D eigenvalue weighted by atomic mass is 28.2. The summed E-state index contributed by atoms with van der Waals surface area (Å²) in [6.45, 7) is 0. The first-order chi connectivity index (χ1) is 18.3. The summed E-state index contributed by atoms with van der Waals surface area (Å²) in [7, 11) is -1.10. The van der Waals surface area contributed by atoms with Crippen LogP contribution in [0.15, 0.2) is 145 Å². The fraction of sp³-hybridized carbons (Fsp3) is 0.0833. The molecule has 0 amide bonds. The van der Waals surface area contributed by atoms with Crippen molar-refractivity contribution in [2.24, 2.45) is 0 Å². The molecule has 0 unspecified atom stereocenters. The first kappa shape index (κ1) is 23.3. The largest absolute Gasteiger partial charge is 0.0772 e. The highest BCUT2D eigenvalue weighted by Gasteiger charge is 2.18. The first-order valence-corrected chi connectivity index (χ1v) is 14.7. The molecule has 1 heteroatoms. The molecule has 37 heavy (non-hydrogen) atoms. The van der Waals surface area contributed by atoms with Crippen LogP contribution < -0.4 is 0 Å². The molecular weight excluding hydrogens is 460 g/mol. The highest BCUT2D eigenvalue weighted by molar-refractivity contribution is 6.68. The van der Waals surface area contributed by atoms with Crippen LogP contribution in [0.4, 0.5) is 0 Å². The summed E-state index contributed by atoms with van der Waals surface area (Å²) in [5.74, 6) is 0. The van der Waals surface area contributed by atoms with Gasteiger partial charge in [0.1, 0.15) is 0 Å². The molecule has 0 aliphatic heterocycles. The van der Waals surface area contributed by atoms with E-state index in [1.54, 1.807) is 5.17 Å². The quantitative estimate of drug-likeness (QED) is 0.196. The third-order valence-electron chi connectivity index (χ3n) is 7.29. The van der Waals surface area contributed by atoms with Crippen molar-refractivity contribution in [3.05, 3.63) is 178 Å². The van der Waals surface area contributed by atoms with Crippen LogP contribution in [0.2, 0.25) is 0 Å². The molecular formula is C36H30Si. The van der Waals surface area contributed by atoms with Crippen molar-refractivity contribution in [1.29, 1.82) is 0 Å². The molecule has 0 spiro atoms. The summed E-state index contributed by atoms with van der Waals surface area (Å²) in [6.07, 6.45) is 2.92. The summed E-state index contributed by atoms with van der Waals surface area (Å²) in [5, 5.41) is 5.83. The average molecular weight is 491 g/mol. The predicted octanol–water partition coefficient (Wildman–Crippen LogP) is 8.63. The Labute approximate surface area is 221 Å². The molecule has 0 nitrogen and oxygen atoms in total. The van der Waals surface area contributed by atoms with Gasteiger partial charge in [-0.3, -0.25) is 0 Å². The van der Waals surface area contributed by atoms with Crippen LogP contribution in [-0.2, 0) is 19.3 Å². The van der Waals surface area contributed by atoms with Crippen molar-refractivity contribution in [2.45, 2.75) is 19.3 Å². The van der Waals surface area contributed by atoms with Gasteiger partial charge in [0.25, 0.3) is 0 Å². The summed E-state index contributed by atoms with van der Waals surface area (Å²) in [6, 6.07) is 51.1. The Morgan fingerprint density at radius 2 is 0.973 bits per heavy atom. The fourth-order valence-electron chi connectivity index (χ4n) is 5.46. The van der Waals surface area contributed by atoms with E-state index in [-0.39, 0.29) is 0 Å². The molecule has 178 valence electrons. The van der Waals surface area contributed by atoms with Crippen molar-refractivity contribution in [2.75, 3.05) is 0 Å². The third kappa shape index (κ3) is 5.23. The van der Waals surface area contributed by atoms with Gasteiger partial charge in [0.05, 0.1) is 8.40 Å². The zero-order valence-electron chi connectivity index (χ0n) is 21.0. The van der Waals surface area contributed by atoms with Gasteiger partial charge in [-0.2, -0.15) is 0 Å². The Balaban J connectivity index is 1.59. The summed E-state index contributed by atoms with van der Waals surface area (Å²) in [4.78, 5) is 0. The molecule has 0 N–H and O–H groups in total. The lowest BCUT2D eigenvalue weighted by Crippen LogP contribution is -2.14. The van der Waals surface area contributed by atoms with E-state index in [1.807, 2.05) is 0 Å². The average Bonchev–Trinajstić information content (AvgIpc) is 2.96. The standard InChI is InChI=1S/C36H30Si/c1-4-13-28(14-5-1)25-32-23-24-37(35-22-12-20-31-19-10-11-21-33(31)35)36(27-30-17-8-3-9-18-30)34(32)26-29-15-6-2-7-16-29/h1-24H,25-27H2. The van der Waals surface area contributed by atoms with Crippen LogP contribution in [0.1, 0.15) is 33.0 Å². The molecule has 6 aromatic rings. The lowest BCUT2D eigenvalue weighted by molar-refractivity contribution is 1.05. The smallest absolute Gasteiger partial charge is 0.0731 e. The minimum absolute atomic E-state index is 0.961. The zero-order valence-corrected chi connectivity index (χ0v) is 22.0. The van der Waals surface area contributed by atoms with E-state index in [9.17, 15) is 0 Å². The van der Waals surface area contributed by atoms with Crippen LogP contribution in [0, 0.1) is 0 Å². The molecule has 0 aliphatic rings. The van der Waals surface area contributed by atoms with E-state index >= 15 is 0 Å². The monoisotopic (exact) mass is 490 g/mol. The van der Waals surface area contributed by atoms with Crippen LogP contribution in [-0.4, -0.2) is 8.40 Å². The summed E-state index contributed by atoms with van der Waals surface area (Å²) < 4.78 is 0. The van der Waals surface area contributed by atoms with Crippen LogP contribution in [0.3, 0.4) is 0 Å². The zero-order chi connectivity index (χ0) is 24.9. The van der Waals surface area contributed by atoms with E-state index in [0.717, 1.165) is 19.3 Å². The van der Waals surface area contributed by atoms with Crippen molar-refractivity contribution >= 4 is 19.2 Å². The van der Waals surface area contributed by atoms with E-state index in [4.69, 9.17) is 0 Å². The second-order valence-electron chi connectivity index (χ2n) is 9.74. The number of hydrogen-bond acceptors (Lipinski definition) is 0. The molecule has 1 heterocycles. The fourth-order valence-corrected chi connectivity index (χ4v) is 8.29. The van der Waals surface area contributed by atoms with Gasteiger partial charge in [-0.15, -0.1) is 0 Å². The number of fused-ring (bicyclic) bond motifs is 1. The van der Waals surface area contributed by atoms with E-state index < -0.39 is 8.40 Å². The molecule has 0 fully saturated rings. The molecule has 0 bridgehead atoms. The molecule has 0 aliphatic carbocycles. The molecule has 1 aromatic heterocycles. The van der Waals surface area contributed by atoms with E-state index in [0.29, 0.717) is 0 Å². The van der Waals surface area contributed by atoms with Crippen molar-refractivity contribution < 1.29 is 0 Å². The SMILES string of the molecule is c1ccc(Cc2cc[si](-c3cccc4ccccc34)c(Cc3ccccc3)c2Cc2ccccc2)cc1. The topological polar surface area (TPSA) is 0 Å². The maximum atomic E-state index is 2.55. The second-order valence-corrected chi connectivity index (χ2v) is 12.0. The second kappa shape index (κ2) is 10.9. The van der Waals surface area contributed by atoms with Crippen LogP contribution >= 0.6 is 0 Å². The summed E-state index contributed by atoms with van der Waals surface area (Å²) >= 11 is 0. The molecule has 6 rings (SSSR count). The van der Waals surface area contributed by atoms with Gasteiger partial charge in [0.15, 0.2) is 0 Å². The number of hydrogen-bond donors (Lipinski definition) is 0. The highest BCUT2D eigenvalue weighted by Crippen LogP contribution is 2.29. The Kier molecular flexibility index (Phi) is 6.87. The van der Waals surface area contributed by atoms with Gasteiger partial charge in [-0.1, -0.05) is 150 Å². The normalized spacial score (nSPS) is 11.0. The number of rotatable bonds is 7. The lowest BCUT2D eigenvalue weighted by Gasteiger charge is -2.21. The van der Waals surface area contributed by atoms with Crippen molar-refractivity contribution in [3.63, 3.8) is 0 Å². The van der Waals surface area contributed by atoms with Gasteiger partial charge in [-0.05, 0) is 63.0 Å². The minimum atomic E-state index is -1.10. The van der Waals surface area contributed by atoms with Crippen LogP contribution in [0.5, 0.6) is 0 Å². The Morgan fingerprint density at radius 1 is 0.432 bits per heavy atom. The van der Waals surface area contributed by atoms with Gasteiger partial charge in [0.2, 0.25) is 0 Å². The Bertz CT molecular complexity index is 1620. The molecule has 5 aromatic carbocycles. The minimum Gasteiger partial charge on any atom is -0.0731 e. The first-order valence-electron chi connectivity index (χ1n) is 13.1. The summed E-state index contributed by atoms with van der Waals surface area (Å²) in [5.41, 5.74) is 9.67. The molecule has 0 saturated carbocycles. The number of benzene rings is 5. The van der Waals surface area contributed by atoms with E-state index in [2.05, 4.69) is 145 Å². The Morgan fingerprint density at radius 3 is 1.65 bits per heavy atom. The predicted molar refractivity (Wildman–Crippen MR) is 159 cm³/mol. The lowest BCUT2D eigenvalue weighted by atomic mass is 9.94. The molecule has 0 radical (unpaired) electrons. The van der Waals surface area contributed by atoms with Gasteiger partial charge >= 0.3 is 0 Å². The molecule has 0 saturated heterocycles. The molecule has 0 atom stereocenters. The van der Waals surface area contributed by atoms with Gasteiger partial charge in [-0.25, -0.2) is 0 Å².